The average molecular weight is 367 g/mol. The molecule has 0 radical (unpaired) electrons. The van der Waals surface area contributed by atoms with Crippen molar-refractivity contribution >= 4 is 21.8 Å². The SMILES string of the molecule is O=C(N[C@H]1CCCNC1)c1nn(-c2ccc(F)cc2)cc1Br. The number of benzene rings is 1. The van der Waals surface area contributed by atoms with Gasteiger partial charge in [0.1, 0.15) is 5.82 Å². The Balaban J connectivity index is 1.76. The van der Waals surface area contributed by atoms with Gasteiger partial charge < -0.3 is 10.6 Å². The molecule has 1 aliphatic rings. The number of hydrogen-bond donors (Lipinski definition) is 2. The van der Waals surface area contributed by atoms with E-state index in [0.717, 1.165) is 25.9 Å². The molecule has 7 heteroatoms. The Morgan fingerprint density at radius 3 is 2.86 bits per heavy atom. The summed E-state index contributed by atoms with van der Waals surface area (Å²) in [6.07, 6.45) is 3.71. The van der Waals surface area contributed by atoms with E-state index in [1.807, 2.05) is 0 Å². The van der Waals surface area contributed by atoms with Crippen LogP contribution >= 0.6 is 15.9 Å². The fraction of sp³-hybridized carbons (Fsp3) is 0.333. The lowest BCUT2D eigenvalue weighted by Gasteiger charge is -2.23. The molecule has 0 unspecified atom stereocenters. The number of nitrogens with one attached hydrogen (secondary N) is 2. The fourth-order valence-electron chi connectivity index (χ4n) is 2.46. The molecule has 1 fully saturated rings. The molecule has 1 aromatic heterocycles. The summed E-state index contributed by atoms with van der Waals surface area (Å²) in [6.45, 7) is 1.78. The predicted octanol–water partition coefficient (Wildman–Crippen LogP) is 2.26. The van der Waals surface area contributed by atoms with Crippen molar-refractivity contribution in [2.45, 2.75) is 18.9 Å². The van der Waals surface area contributed by atoms with Crippen molar-refractivity contribution in [1.82, 2.24) is 20.4 Å². The Labute approximate surface area is 136 Å². The van der Waals surface area contributed by atoms with E-state index in [9.17, 15) is 9.18 Å². The molecule has 1 aromatic carbocycles. The third-order valence-corrected chi connectivity index (χ3v) is 4.19. The monoisotopic (exact) mass is 366 g/mol. The maximum absolute atomic E-state index is 13.0. The third-order valence-electron chi connectivity index (χ3n) is 3.61. The zero-order valence-electron chi connectivity index (χ0n) is 11.9. The lowest BCUT2D eigenvalue weighted by molar-refractivity contribution is 0.0924. The topological polar surface area (TPSA) is 59.0 Å². The van der Waals surface area contributed by atoms with Crippen molar-refractivity contribution in [3.8, 4) is 5.69 Å². The van der Waals surface area contributed by atoms with Crippen molar-refractivity contribution in [3.63, 3.8) is 0 Å². The molecule has 1 saturated heterocycles. The van der Waals surface area contributed by atoms with Crippen LogP contribution in [0.25, 0.3) is 5.69 Å². The van der Waals surface area contributed by atoms with Gasteiger partial charge in [-0.1, -0.05) is 0 Å². The molecule has 1 aliphatic heterocycles. The van der Waals surface area contributed by atoms with E-state index in [1.54, 1.807) is 23.0 Å². The minimum atomic E-state index is -0.308. The summed E-state index contributed by atoms with van der Waals surface area (Å²) in [5.41, 5.74) is 1.02. The van der Waals surface area contributed by atoms with Gasteiger partial charge in [-0.2, -0.15) is 5.10 Å². The highest BCUT2D eigenvalue weighted by Gasteiger charge is 2.20. The number of carbonyl (C=O) groups excluding carboxylic acids is 1. The summed E-state index contributed by atoms with van der Waals surface area (Å²) >= 11 is 3.36. The van der Waals surface area contributed by atoms with E-state index in [2.05, 4.69) is 31.7 Å². The van der Waals surface area contributed by atoms with Gasteiger partial charge in [0.15, 0.2) is 5.69 Å². The first-order chi connectivity index (χ1) is 10.6. The number of amides is 1. The molecule has 0 bridgehead atoms. The molecule has 0 spiro atoms. The fourth-order valence-corrected chi connectivity index (χ4v) is 2.91. The third kappa shape index (κ3) is 3.36. The number of aromatic nitrogens is 2. The standard InChI is InChI=1S/C15H16BrFN4O/c16-13-9-21(12-5-3-10(17)4-6-12)20-14(13)15(22)19-11-2-1-7-18-8-11/h3-6,9,11,18H,1-2,7-8H2,(H,19,22)/t11-/m0/s1. The van der Waals surface area contributed by atoms with Crippen LogP contribution in [0.2, 0.25) is 0 Å². The Bertz CT molecular complexity index is 665. The normalized spacial score (nSPS) is 18.2. The van der Waals surface area contributed by atoms with Gasteiger partial charge in [0.05, 0.1) is 10.2 Å². The second kappa shape index (κ2) is 6.58. The number of halogens is 2. The van der Waals surface area contributed by atoms with Gasteiger partial charge in [-0.25, -0.2) is 9.07 Å². The zero-order valence-corrected chi connectivity index (χ0v) is 13.4. The Morgan fingerprint density at radius 2 is 2.18 bits per heavy atom. The maximum Gasteiger partial charge on any atom is 0.273 e. The van der Waals surface area contributed by atoms with E-state index in [-0.39, 0.29) is 17.8 Å². The van der Waals surface area contributed by atoms with Crippen molar-refractivity contribution in [2.75, 3.05) is 13.1 Å². The first-order valence-electron chi connectivity index (χ1n) is 7.16. The highest BCUT2D eigenvalue weighted by atomic mass is 79.9. The van der Waals surface area contributed by atoms with Crippen LogP contribution in [0, 0.1) is 5.82 Å². The molecule has 1 atom stereocenters. The first-order valence-corrected chi connectivity index (χ1v) is 7.95. The first kappa shape index (κ1) is 15.2. The van der Waals surface area contributed by atoms with Crippen molar-refractivity contribution in [3.05, 3.63) is 46.4 Å². The van der Waals surface area contributed by atoms with Crippen LogP contribution in [0.5, 0.6) is 0 Å². The second-order valence-electron chi connectivity index (χ2n) is 5.26. The molecule has 0 aliphatic carbocycles. The Morgan fingerprint density at radius 1 is 1.41 bits per heavy atom. The quantitative estimate of drug-likeness (QED) is 0.875. The van der Waals surface area contributed by atoms with Gasteiger partial charge in [0.25, 0.3) is 5.91 Å². The van der Waals surface area contributed by atoms with E-state index >= 15 is 0 Å². The van der Waals surface area contributed by atoms with Crippen LogP contribution in [0.15, 0.2) is 34.9 Å². The number of hydrogen-bond acceptors (Lipinski definition) is 3. The molecule has 3 rings (SSSR count). The van der Waals surface area contributed by atoms with Gasteiger partial charge in [0, 0.05) is 18.8 Å². The Hall–Kier alpha value is -1.73. The predicted molar refractivity (Wildman–Crippen MR) is 84.6 cm³/mol. The number of piperidine rings is 1. The van der Waals surface area contributed by atoms with Gasteiger partial charge in [-0.05, 0) is 59.6 Å². The molecule has 22 heavy (non-hydrogen) atoms. The minimum absolute atomic E-state index is 0.129. The van der Waals surface area contributed by atoms with Gasteiger partial charge >= 0.3 is 0 Å². The average Bonchev–Trinajstić information content (AvgIpc) is 2.91. The summed E-state index contributed by atoms with van der Waals surface area (Å²) in [6, 6.07) is 6.07. The number of carbonyl (C=O) groups is 1. The summed E-state index contributed by atoms with van der Waals surface area (Å²) in [7, 11) is 0. The lowest BCUT2D eigenvalue weighted by atomic mass is 10.1. The molecule has 2 N–H and O–H groups in total. The van der Waals surface area contributed by atoms with Crippen LogP contribution in [-0.4, -0.2) is 34.8 Å². The zero-order chi connectivity index (χ0) is 15.5. The van der Waals surface area contributed by atoms with E-state index in [0.29, 0.717) is 15.9 Å². The van der Waals surface area contributed by atoms with Crippen molar-refractivity contribution in [1.29, 1.82) is 0 Å². The van der Waals surface area contributed by atoms with Crippen LogP contribution in [0.3, 0.4) is 0 Å². The minimum Gasteiger partial charge on any atom is -0.347 e. The lowest BCUT2D eigenvalue weighted by Crippen LogP contribution is -2.45. The molecule has 5 nitrogen and oxygen atoms in total. The van der Waals surface area contributed by atoms with Gasteiger partial charge in [-0.3, -0.25) is 4.79 Å². The van der Waals surface area contributed by atoms with Crippen LogP contribution in [0.4, 0.5) is 4.39 Å². The smallest absolute Gasteiger partial charge is 0.273 e. The molecule has 0 saturated carbocycles. The summed E-state index contributed by atoms with van der Waals surface area (Å²) in [4.78, 5) is 12.3. The maximum atomic E-state index is 13.0. The van der Waals surface area contributed by atoms with Crippen LogP contribution in [0.1, 0.15) is 23.3 Å². The summed E-state index contributed by atoms with van der Waals surface area (Å²) in [5, 5.41) is 10.5. The molecule has 2 heterocycles. The number of rotatable bonds is 3. The van der Waals surface area contributed by atoms with Crippen LogP contribution < -0.4 is 10.6 Å². The largest absolute Gasteiger partial charge is 0.347 e. The van der Waals surface area contributed by atoms with Crippen molar-refractivity contribution in [2.24, 2.45) is 0 Å². The summed E-state index contributed by atoms with van der Waals surface area (Å²) in [5.74, 6) is -0.515. The van der Waals surface area contributed by atoms with Crippen molar-refractivity contribution < 1.29 is 9.18 Å². The van der Waals surface area contributed by atoms with Gasteiger partial charge in [-0.15, -0.1) is 0 Å². The van der Waals surface area contributed by atoms with E-state index in [1.165, 1.54) is 12.1 Å². The molecular formula is C15H16BrFN4O. The van der Waals surface area contributed by atoms with E-state index in [4.69, 9.17) is 0 Å². The van der Waals surface area contributed by atoms with Crippen LogP contribution in [-0.2, 0) is 0 Å². The second-order valence-corrected chi connectivity index (χ2v) is 6.12. The van der Waals surface area contributed by atoms with Gasteiger partial charge in [0.2, 0.25) is 0 Å². The Kier molecular flexibility index (Phi) is 4.54. The summed E-state index contributed by atoms with van der Waals surface area (Å²) < 4.78 is 15.1. The molecule has 1 amide bonds. The van der Waals surface area contributed by atoms with E-state index < -0.39 is 0 Å². The highest BCUT2D eigenvalue weighted by Crippen LogP contribution is 2.18. The molecule has 116 valence electrons. The number of nitrogens with zero attached hydrogens (tertiary/aromatic N) is 2. The molecule has 2 aromatic rings. The molecular weight excluding hydrogens is 351 g/mol. The highest BCUT2D eigenvalue weighted by molar-refractivity contribution is 9.10.